The number of hydrogen-bond acceptors (Lipinski definition) is 11. The van der Waals surface area contributed by atoms with Crippen LogP contribution in [0.3, 0.4) is 0 Å². The summed E-state index contributed by atoms with van der Waals surface area (Å²) >= 11 is 0. The SMILES string of the molecule is COc1cc(OC)c2c(O)c3c(c(-c4c(OC)cc5cc6oc(C)cc(=O)c6c(O)c5c4O)c2c1)OC(C)(O)CC3=O. The van der Waals surface area contributed by atoms with E-state index < -0.39 is 40.7 Å². The Morgan fingerprint density at radius 1 is 0.786 bits per heavy atom. The van der Waals surface area contributed by atoms with Gasteiger partial charge in [-0.2, -0.15) is 0 Å². The lowest BCUT2D eigenvalue weighted by atomic mass is 9.86. The highest BCUT2D eigenvalue weighted by Gasteiger charge is 2.41. The Morgan fingerprint density at radius 3 is 2.14 bits per heavy atom. The Kier molecular flexibility index (Phi) is 5.91. The van der Waals surface area contributed by atoms with Crippen LogP contribution in [-0.2, 0) is 0 Å². The van der Waals surface area contributed by atoms with E-state index in [0.29, 0.717) is 11.5 Å². The number of hydrogen-bond donors (Lipinski definition) is 4. The van der Waals surface area contributed by atoms with Crippen LogP contribution in [0.4, 0.5) is 0 Å². The summed E-state index contributed by atoms with van der Waals surface area (Å²) in [4.78, 5) is 26.2. The average molecular weight is 575 g/mol. The first-order valence-corrected chi connectivity index (χ1v) is 12.8. The summed E-state index contributed by atoms with van der Waals surface area (Å²) < 4.78 is 28.3. The number of fused-ring (bicyclic) bond motifs is 4. The van der Waals surface area contributed by atoms with Crippen molar-refractivity contribution in [2.45, 2.75) is 26.1 Å². The molecule has 1 aliphatic rings. The van der Waals surface area contributed by atoms with Gasteiger partial charge >= 0.3 is 0 Å². The molecule has 1 aliphatic heterocycles. The summed E-state index contributed by atoms with van der Waals surface area (Å²) in [6.07, 6.45) is -0.459. The van der Waals surface area contributed by atoms with Gasteiger partial charge in [0.1, 0.15) is 62.5 Å². The van der Waals surface area contributed by atoms with E-state index in [4.69, 9.17) is 23.4 Å². The van der Waals surface area contributed by atoms with Gasteiger partial charge in [0.05, 0.1) is 44.1 Å². The summed E-state index contributed by atoms with van der Waals surface area (Å²) in [7, 11) is 4.15. The Morgan fingerprint density at radius 2 is 1.48 bits per heavy atom. The lowest BCUT2D eigenvalue weighted by Crippen LogP contribution is -2.39. The number of carbonyl (C=O) groups is 1. The van der Waals surface area contributed by atoms with E-state index in [-0.39, 0.29) is 66.5 Å². The predicted octanol–water partition coefficient (Wildman–Crippen LogP) is 4.89. The van der Waals surface area contributed by atoms with Gasteiger partial charge in [0, 0.05) is 30.0 Å². The molecule has 1 aromatic heterocycles. The standard InChI is InChI=1S/C31H26O11/c1-12-6-16(32)24-20(41-12)8-13-7-18(39-4)26(28(35)21(13)27(24)34)23-15-9-14(38-3)10-19(40-5)22(15)29(36)25-17(33)11-31(2,37)42-30(23)25/h6-10,34-37H,11H2,1-5H3. The summed E-state index contributed by atoms with van der Waals surface area (Å²) in [5.41, 5.74) is -0.677. The second-order valence-electron chi connectivity index (χ2n) is 10.3. The van der Waals surface area contributed by atoms with Gasteiger partial charge in [-0.1, -0.05) is 0 Å². The van der Waals surface area contributed by atoms with E-state index in [1.807, 2.05) is 0 Å². The van der Waals surface area contributed by atoms with Crippen LogP contribution in [0.5, 0.6) is 40.2 Å². The van der Waals surface area contributed by atoms with Gasteiger partial charge in [0.25, 0.3) is 0 Å². The molecule has 0 saturated heterocycles. The average Bonchev–Trinajstić information content (AvgIpc) is 2.91. The zero-order valence-electron chi connectivity index (χ0n) is 23.2. The molecular formula is C31H26O11. The van der Waals surface area contributed by atoms with E-state index in [0.717, 1.165) is 0 Å². The summed E-state index contributed by atoms with van der Waals surface area (Å²) in [6, 6.07) is 7.27. The van der Waals surface area contributed by atoms with Gasteiger partial charge in [-0.15, -0.1) is 0 Å². The van der Waals surface area contributed by atoms with Gasteiger partial charge in [-0.05, 0) is 30.5 Å². The lowest BCUT2D eigenvalue weighted by molar-refractivity contribution is -0.122. The summed E-state index contributed by atoms with van der Waals surface area (Å²) in [6.45, 7) is 2.89. The third-order valence-electron chi connectivity index (χ3n) is 7.44. The molecule has 0 saturated carbocycles. The maximum atomic E-state index is 13.3. The first kappa shape index (κ1) is 27.0. The number of phenolic OH excluding ortho intramolecular Hbond substituents is 3. The van der Waals surface area contributed by atoms with Crippen LogP contribution in [0.2, 0.25) is 0 Å². The van der Waals surface area contributed by atoms with Crippen molar-refractivity contribution in [3.8, 4) is 51.4 Å². The number of ether oxygens (including phenoxy) is 4. The van der Waals surface area contributed by atoms with Crippen molar-refractivity contribution in [2.75, 3.05) is 21.3 Å². The molecule has 2 heterocycles. The van der Waals surface area contributed by atoms with Crippen LogP contribution < -0.4 is 24.4 Å². The fourth-order valence-electron chi connectivity index (χ4n) is 5.70. The molecule has 0 radical (unpaired) electrons. The van der Waals surface area contributed by atoms with Crippen LogP contribution >= 0.6 is 0 Å². The van der Waals surface area contributed by atoms with Gasteiger partial charge in [0.15, 0.2) is 11.2 Å². The van der Waals surface area contributed by atoms with Crippen LogP contribution in [0.25, 0.3) is 43.6 Å². The van der Waals surface area contributed by atoms with Gasteiger partial charge < -0.3 is 43.8 Å². The number of aromatic hydroxyl groups is 3. The fraction of sp³-hybridized carbons (Fsp3) is 0.226. The molecule has 0 fully saturated rings. The quantitative estimate of drug-likeness (QED) is 0.216. The predicted molar refractivity (Wildman–Crippen MR) is 153 cm³/mol. The van der Waals surface area contributed by atoms with E-state index in [1.165, 1.54) is 58.6 Å². The smallest absolute Gasteiger partial charge is 0.212 e. The highest BCUT2D eigenvalue weighted by Crippen LogP contribution is 2.57. The van der Waals surface area contributed by atoms with E-state index in [2.05, 4.69) is 0 Å². The van der Waals surface area contributed by atoms with Crippen molar-refractivity contribution in [3.05, 3.63) is 51.9 Å². The first-order chi connectivity index (χ1) is 19.9. The summed E-state index contributed by atoms with van der Waals surface area (Å²) in [5, 5.41) is 45.8. The first-order valence-electron chi connectivity index (χ1n) is 12.8. The third kappa shape index (κ3) is 3.77. The van der Waals surface area contributed by atoms with Crippen molar-refractivity contribution in [1.29, 1.82) is 0 Å². The molecule has 0 bridgehead atoms. The number of aliphatic hydroxyl groups is 1. The molecule has 0 aliphatic carbocycles. The Bertz CT molecular complexity index is 2050. The van der Waals surface area contributed by atoms with Crippen molar-refractivity contribution in [3.63, 3.8) is 0 Å². The lowest BCUT2D eigenvalue weighted by Gasteiger charge is -2.33. The molecule has 1 unspecified atom stereocenters. The largest absolute Gasteiger partial charge is 0.506 e. The molecule has 0 amide bonds. The zero-order valence-corrected chi connectivity index (χ0v) is 23.2. The minimum absolute atomic E-state index is 0.0370. The zero-order chi connectivity index (χ0) is 30.2. The molecule has 216 valence electrons. The molecule has 6 rings (SSSR count). The highest BCUT2D eigenvalue weighted by atomic mass is 16.6. The van der Waals surface area contributed by atoms with Gasteiger partial charge in [-0.3, -0.25) is 9.59 Å². The molecule has 4 aromatic carbocycles. The highest BCUT2D eigenvalue weighted by molar-refractivity contribution is 6.19. The van der Waals surface area contributed by atoms with E-state index in [9.17, 15) is 30.0 Å². The number of aryl methyl sites for hydroxylation is 1. The molecule has 1 atom stereocenters. The van der Waals surface area contributed by atoms with Crippen LogP contribution in [-0.4, -0.2) is 53.3 Å². The van der Waals surface area contributed by atoms with Crippen molar-refractivity contribution in [1.82, 2.24) is 0 Å². The molecule has 5 aromatic rings. The third-order valence-corrected chi connectivity index (χ3v) is 7.44. The van der Waals surface area contributed by atoms with Gasteiger partial charge in [-0.25, -0.2) is 0 Å². The summed E-state index contributed by atoms with van der Waals surface area (Å²) in [5.74, 6) is -3.48. The number of methoxy groups -OCH3 is 3. The van der Waals surface area contributed by atoms with Crippen molar-refractivity contribution in [2.24, 2.45) is 0 Å². The minimum Gasteiger partial charge on any atom is -0.506 e. The topological polar surface area (TPSA) is 165 Å². The number of rotatable bonds is 4. The number of phenols is 3. The molecular weight excluding hydrogens is 548 g/mol. The molecule has 11 heteroatoms. The molecule has 11 nitrogen and oxygen atoms in total. The second kappa shape index (κ2) is 9.18. The van der Waals surface area contributed by atoms with Crippen LogP contribution in [0, 0.1) is 6.92 Å². The van der Waals surface area contributed by atoms with Crippen LogP contribution in [0.15, 0.2) is 39.5 Å². The number of ketones is 1. The number of benzene rings is 4. The van der Waals surface area contributed by atoms with Crippen LogP contribution in [0.1, 0.15) is 29.5 Å². The van der Waals surface area contributed by atoms with E-state index >= 15 is 0 Å². The normalized spacial score (nSPS) is 16.5. The van der Waals surface area contributed by atoms with Crippen molar-refractivity contribution < 1.29 is 48.6 Å². The Labute approximate surface area is 237 Å². The number of carbonyl (C=O) groups excluding carboxylic acids is 1. The minimum atomic E-state index is -1.96. The van der Waals surface area contributed by atoms with Gasteiger partial charge in [0.2, 0.25) is 5.79 Å². The Hall–Kier alpha value is -5.16. The molecule has 4 N–H and O–H groups in total. The fourth-order valence-corrected chi connectivity index (χ4v) is 5.70. The van der Waals surface area contributed by atoms with Crippen molar-refractivity contribution >= 4 is 38.3 Å². The Balaban J connectivity index is 1.87. The molecule has 0 spiro atoms. The van der Waals surface area contributed by atoms with E-state index in [1.54, 1.807) is 6.92 Å². The monoisotopic (exact) mass is 574 g/mol. The second-order valence-corrected chi connectivity index (χ2v) is 10.3. The number of Topliss-reactive ketones (excluding diaryl/α,β-unsaturated/α-hetero) is 1. The maximum absolute atomic E-state index is 13.3. The maximum Gasteiger partial charge on any atom is 0.212 e. The molecule has 42 heavy (non-hydrogen) atoms.